The summed E-state index contributed by atoms with van der Waals surface area (Å²) < 4.78 is 42.7. The van der Waals surface area contributed by atoms with Gasteiger partial charge in [-0.1, -0.05) is 0 Å². The van der Waals surface area contributed by atoms with Gasteiger partial charge in [0.2, 0.25) is 0 Å². The van der Waals surface area contributed by atoms with Gasteiger partial charge in [-0.15, -0.1) is 0 Å². The lowest BCUT2D eigenvalue weighted by Gasteiger charge is -2.20. The molecule has 1 aromatic heterocycles. The first kappa shape index (κ1) is 15.4. The van der Waals surface area contributed by atoms with E-state index < -0.39 is 35.5 Å². The van der Waals surface area contributed by atoms with E-state index in [0.29, 0.717) is 0 Å². The van der Waals surface area contributed by atoms with Gasteiger partial charge in [-0.3, -0.25) is 9.78 Å². The van der Waals surface area contributed by atoms with E-state index in [1.54, 1.807) is 0 Å². The van der Waals surface area contributed by atoms with Gasteiger partial charge in [0.1, 0.15) is 12.1 Å². The van der Waals surface area contributed by atoms with E-state index in [1.807, 2.05) is 0 Å². The normalized spacial score (nSPS) is 14.8. The molecule has 0 spiro atoms. The quantitative estimate of drug-likeness (QED) is 0.803. The Morgan fingerprint density at radius 1 is 1.58 bits per heavy atom. The highest BCUT2D eigenvalue weighted by molar-refractivity contribution is 5.76. The average molecular weight is 278 g/mol. The first-order valence-electron chi connectivity index (χ1n) is 5.41. The van der Waals surface area contributed by atoms with Gasteiger partial charge in [0.25, 0.3) is 0 Å². The molecule has 0 amide bonds. The number of esters is 1. The number of nitrogens with two attached hydrogens (primary N) is 1. The standard InChI is InChI=1S/C11H13F3N2O3/c1-2-19-10(18)7(15)9(17)8-6(11(12,13)14)4-3-5-16-8/h3-5,7,9,17H,2,15H2,1H3/t7-,9+/m1/s1. The number of halogens is 3. The number of aliphatic hydroxyl groups is 1. The number of ether oxygens (including phenoxy) is 1. The van der Waals surface area contributed by atoms with Gasteiger partial charge in [-0.2, -0.15) is 13.2 Å². The summed E-state index contributed by atoms with van der Waals surface area (Å²) in [5, 5.41) is 9.74. The Morgan fingerprint density at radius 2 is 2.21 bits per heavy atom. The first-order valence-corrected chi connectivity index (χ1v) is 5.41. The highest BCUT2D eigenvalue weighted by Gasteiger charge is 2.38. The van der Waals surface area contributed by atoms with Gasteiger partial charge in [-0.25, -0.2) is 0 Å². The van der Waals surface area contributed by atoms with Crippen molar-refractivity contribution in [3.8, 4) is 0 Å². The fourth-order valence-corrected chi connectivity index (χ4v) is 1.43. The number of carbonyl (C=O) groups is 1. The molecule has 19 heavy (non-hydrogen) atoms. The molecule has 0 unspecified atom stereocenters. The van der Waals surface area contributed by atoms with E-state index >= 15 is 0 Å². The molecule has 1 aromatic rings. The van der Waals surface area contributed by atoms with Crippen LogP contribution in [-0.4, -0.2) is 28.7 Å². The first-order chi connectivity index (χ1) is 8.79. The smallest absolute Gasteiger partial charge is 0.418 e. The summed E-state index contributed by atoms with van der Waals surface area (Å²) in [4.78, 5) is 14.8. The van der Waals surface area contributed by atoms with Gasteiger partial charge in [0.15, 0.2) is 0 Å². The molecule has 0 saturated carbocycles. The van der Waals surface area contributed by atoms with Crippen molar-refractivity contribution < 1.29 is 27.8 Å². The van der Waals surface area contributed by atoms with Crippen molar-refractivity contribution in [2.75, 3.05) is 6.61 Å². The maximum absolute atomic E-state index is 12.7. The minimum absolute atomic E-state index is 0.00754. The Balaban J connectivity index is 3.06. The molecule has 0 aliphatic heterocycles. The monoisotopic (exact) mass is 278 g/mol. The highest BCUT2D eigenvalue weighted by Crippen LogP contribution is 2.34. The summed E-state index contributed by atoms with van der Waals surface area (Å²) in [5.74, 6) is -0.992. The molecular weight excluding hydrogens is 265 g/mol. The van der Waals surface area contributed by atoms with Gasteiger partial charge in [-0.05, 0) is 19.1 Å². The number of nitrogens with zero attached hydrogens (tertiary/aromatic N) is 1. The van der Waals surface area contributed by atoms with E-state index in [4.69, 9.17) is 5.73 Å². The molecular formula is C11H13F3N2O3. The maximum Gasteiger partial charge on any atom is 0.418 e. The van der Waals surface area contributed by atoms with Crippen LogP contribution in [0.1, 0.15) is 24.3 Å². The minimum atomic E-state index is -4.70. The van der Waals surface area contributed by atoms with Crippen molar-refractivity contribution in [2.45, 2.75) is 25.2 Å². The zero-order valence-electron chi connectivity index (χ0n) is 10.0. The van der Waals surface area contributed by atoms with Gasteiger partial charge >= 0.3 is 12.1 Å². The summed E-state index contributed by atoms with van der Waals surface area (Å²) >= 11 is 0. The second-order valence-electron chi connectivity index (χ2n) is 3.66. The highest BCUT2D eigenvalue weighted by atomic mass is 19.4. The van der Waals surface area contributed by atoms with Crippen LogP contribution in [0.15, 0.2) is 18.3 Å². The predicted molar refractivity (Wildman–Crippen MR) is 58.8 cm³/mol. The number of carbonyl (C=O) groups excluding carboxylic acids is 1. The van der Waals surface area contributed by atoms with E-state index in [2.05, 4.69) is 9.72 Å². The van der Waals surface area contributed by atoms with E-state index in [9.17, 15) is 23.1 Å². The summed E-state index contributed by atoms with van der Waals surface area (Å²) in [7, 11) is 0. The third-order valence-corrected chi connectivity index (χ3v) is 2.32. The Labute approximate surface area is 107 Å². The molecule has 8 heteroatoms. The zero-order valence-corrected chi connectivity index (χ0v) is 10.0. The minimum Gasteiger partial charge on any atom is -0.465 e. The molecule has 106 valence electrons. The van der Waals surface area contributed by atoms with Crippen molar-refractivity contribution in [3.05, 3.63) is 29.6 Å². The summed E-state index contributed by atoms with van der Waals surface area (Å²) in [6.45, 7) is 1.52. The molecule has 1 rings (SSSR count). The van der Waals surface area contributed by atoms with Crippen LogP contribution in [0.4, 0.5) is 13.2 Å². The summed E-state index contributed by atoms with van der Waals surface area (Å²) in [6, 6.07) is 0.203. The Hall–Kier alpha value is -1.67. The Kier molecular flexibility index (Phi) is 4.84. The van der Waals surface area contributed by atoms with Crippen LogP contribution in [0, 0.1) is 0 Å². The lowest BCUT2D eigenvalue weighted by atomic mass is 10.0. The van der Waals surface area contributed by atoms with Crippen molar-refractivity contribution in [1.82, 2.24) is 4.98 Å². The number of aliphatic hydroxyl groups excluding tert-OH is 1. The lowest BCUT2D eigenvalue weighted by Crippen LogP contribution is -2.39. The summed E-state index contributed by atoms with van der Waals surface area (Å²) in [6.07, 6.45) is -5.51. The van der Waals surface area contributed by atoms with Crippen LogP contribution in [0.2, 0.25) is 0 Å². The second-order valence-corrected chi connectivity index (χ2v) is 3.66. The molecule has 1 heterocycles. The number of hydrogen-bond acceptors (Lipinski definition) is 5. The molecule has 0 aromatic carbocycles. The van der Waals surface area contributed by atoms with Crippen molar-refractivity contribution in [3.63, 3.8) is 0 Å². The molecule has 0 saturated heterocycles. The Morgan fingerprint density at radius 3 is 2.74 bits per heavy atom. The van der Waals surface area contributed by atoms with Crippen LogP contribution >= 0.6 is 0 Å². The average Bonchev–Trinajstić information content (AvgIpc) is 2.36. The molecule has 5 nitrogen and oxygen atoms in total. The van der Waals surface area contributed by atoms with E-state index in [0.717, 1.165) is 18.3 Å². The van der Waals surface area contributed by atoms with Gasteiger partial charge in [0, 0.05) is 6.20 Å². The molecule has 0 aliphatic carbocycles. The van der Waals surface area contributed by atoms with Crippen molar-refractivity contribution >= 4 is 5.97 Å². The predicted octanol–water partition coefficient (Wildman–Crippen LogP) is 1.02. The van der Waals surface area contributed by atoms with Gasteiger partial charge in [0.05, 0.1) is 17.9 Å². The number of pyridine rings is 1. The number of aromatic nitrogens is 1. The number of alkyl halides is 3. The number of hydrogen-bond donors (Lipinski definition) is 2. The largest absolute Gasteiger partial charge is 0.465 e. The van der Waals surface area contributed by atoms with Crippen LogP contribution < -0.4 is 5.73 Å². The maximum atomic E-state index is 12.7. The summed E-state index contributed by atoms with van der Waals surface area (Å²) in [5.41, 5.74) is 3.52. The molecule has 0 radical (unpaired) electrons. The van der Waals surface area contributed by atoms with Crippen LogP contribution in [-0.2, 0) is 15.7 Å². The van der Waals surface area contributed by atoms with Gasteiger partial charge < -0.3 is 15.6 Å². The zero-order chi connectivity index (χ0) is 14.6. The SMILES string of the molecule is CCOC(=O)[C@H](N)[C@H](O)c1ncccc1C(F)(F)F. The van der Waals surface area contributed by atoms with Crippen molar-refractivity contribution in [1.29, 1.82) is 0 Å². The third-order valence-electron chi connectivity index (χ3n) is 2.32. The third kappa shape index (κ3) is 3.65. The fourth-order valence-electron chi connectivity index (χ4n) is 1.43. The fraction of sp³-hybridized carbons (Fsp3) is 0.455. The topological polar surface area (TPSA) is 85.4 Å². The molecule has 0 fully saturated rings. The lowest BCUT2D eigenvalue weighted by molar-refractivity contribution is -0.149. The number of rotatable bonds is 4. The van der Waals surface area contributed by atoms with Crippen LogP contribution in [0.5, 0.6) is 0 Å². The van der Waals surface area contributed by atoms with Crippen LogP contribution in [0.25, 0.3) is 0 Å². The van der Waals surface area contributed by atoms with Crippen LogP contribution in [0.3, 0.4) is 0 Å². The molecule has 2 atom stereocenters. The van der Waals surface area contributed by atoms with E-state index in [-0.39, 0.29) is 6.61 Å². The molecule has 0 aliphatic rings. The molecule has 0 bridgehead atoms. The second kappa shape index (κ2) is 5.98. The van der Waals surface area contributed by atoms with E-state index in [1.165, 1.54) is 6.92 Å². The van der Waals surface area contributed by atoms with Crippen molar-refractivity contribution in [2.24, 2.45) is 5.73 Å². The molecule has 3 N–H and O–H groups in total. The Bertz CT molecular complexity index is 451.